The van der Waals surface area contributed by atoms with Crippen LogP contribution < -0.4 is 10.5 Å². The number of aromatic nitrogens is 5. The molecule has 2 aliphatic carbocycles. The highest BCUT2D eigenvalue weighted by atomic mass is 19.3. The largest absolute Gasteiger partial charge is 0.474 e. The molecule has 2 fully saturated rings. The van der Waals surface area contributed by atoms with Gasteiger partial charge in [0.1, 0.15) is 17.5 Å². The van der Waals surface area contributed by atoms with Gasteiger partial charge in [0.15, 0.2) is 5.82 Å². The summed E-state index contributed by atoms with van der Waals surface area (Å²) < 4.78 is 35.5. The van der Waals surface area contributed by atoms with Crippen molar-refractivity contribution in [3.63, 3.8) is 0 Å². The molecule has 1 amide bonds. The number of piperidine rings is 1. The summed E-state index contributed by atoms with van der Waals surface area (Å²) in [6, 6.07) is 12.1. The molecule has 9 nitrogen and oxygen atoms in total. The van der Waals surface area contributed by atoms with Crippen molar-refractivity contribution in [2.45, 2.75) is 37.8 Å². The molecule has 0 bridgehead atoms. The van der Waals surface area contributed by atoms with Gasteiger partial charge in [-0.3, -0.25) is 9.48 Å². The van der Waals surface area contributed by atoms with Gasteiger partial charge in [0.05, 0.1) is 5.69 Å². The maximum absolute atomic E-state index is 13.8. The van der Waals surface area contributed by atoms with Crippen molar-refractivity contribution in [3.05, 3.63) is 77.2 Å². The molecule has 11 heteroatoms. The van der Waals surface area contributed by atoms with E-state index in [1.54, 1.807) is 48.4 Å². The number of likely N-dealkylation sites (tertiary alicyclic amines) is 1. The zero-order valence-electron chi connectivity index (χ0n) is 22.9. The molecule has 41 heavy (non-hydrogen) atoms. The van der Waals surface area contributed by atoms with E-state index in [0.717, 1.165) is 11.1 Å². The van der Waals surface area contributed by atoms with Gasteiger partial charge in [0.2, 0.25) is 5.88 Å². The number of alkyl halides is 2. The number of nitrogens with zero attached hydrogens (tertiary/aromatic N) is 6. The zero-order valence-corrected chi connectivity index (χ0v) is 22.9. The van der Waals surface area contributed by atoms with Crippen LogP contribution in [0.15, 0.2) is 54.9 Å². The Morgan fingerprint density at radius 3 is 2.46 bits per heavy atom. The van der Waals surface area contributed by atoms with Crippen molar-refractivity contribution in [1.82, 2.24) is 29.6 Å². The average molecular weight is 558 g/mol. The molecule has 3 aliphatic rings. The lowest BCUT2D eigenvalue weighted by Crippen LogP contribution is -2.34. The number of hydrogen-bond donors (Lipinski definition) is 1. The molecule has 0 spiro atoms. The summed E-state index contributed by atoms with van der Waals surface area (Å²) in [6.07, 6.45) is 2.95. The predicted octanol–water partition coefficient (Wildman–Crippen LogP) is 3.93. The highest BCUT2D eigenvalue weighted by Gasteiger charge is 2.59. The third-order valence-electron chi connectivity index (χ3n) is 8.31. The molecule has 210 valence electrons. The Labute approximate surface area is 235 Å². The number of carbonyl (C=O) groups is 1. The summed E-state index contributed by atoms with van der Waals surface area (Å²) >= 11 is 0. The Hall–Kier alpha value is -4.25. The normalized spacial score (nSPS) is 22.1. The van der Waals surface area contributed by atoms with Gasteiger partial charge >= 0.3 is 0 Å². The first kappa shape index (κ1) is 25.7. The topological polar surface area (TPSA) is 112 Å². The van der Waals surface area contributed by atoms with Gasteiger partial charge in [-0.25, -0.2) is 23.7 Å². The van der Waals surface area contributed by atoms with Crippen LogP contribution in [0.2, 0.25) is 0 Å². The zero-order chi connectivity index (χ0) is 28.7. The van der Waals surface area contributed by atoms with Gasteiger partial charge < -0.3 is 15.4 Å². The van der Waals surface area contributed by atoms with Crippen molar-refractivity contribution in [2.75, 3.05) is 13.1 Å². The number of rotatable bonds is 6. The minimum atomic E-state index is -2.76. The molecule has 0 radical (unpaired) electrons. The minimum Gasteiger partial charge on any atom is -0.474 e. The van der Waals surface area contributed by atoms with Crippen LogP contribution in [0.5, 0.6) is 5.88 Å². The number of ether oxygens (including phenoxy) is 1. The number of aryl methyl sites for hydroxylation is 1. The molecular weight excluding hydrogens is 528 g/mol. The van der Waals surface area contributed by atoms with Crippen molar-refractivity contribution >= 4 is 5.91 Å². The number of hydrogen-bond acceptors (Lipinski definition) is 7. The first-order valence-electron chi connectivity index (χ1n) is 13.6. The lowest BCUT2D eigenvalue weighted by Gasteiger charge is -2.30. The first-order valence-corrected chi connectivity index (χ1v) is 13.6. The maximum atomic E-state index is 13.8. The van der Waals surface area contributed by atoms with E-state index in [4.69, 9.17) is 15.5 Å². The standard InChI is InChI=1S/C30H29F2N7O2/c1-29(2,33)18-10-22(16-5-6-21-17(9-16)13-30(21,31)32)36-25(11-18)41-26-19-14-39(15-20(19)26)28(40)24-12-23(37-38(24)3)27-34-7-4-8-35-27/h4-12,19-20,26H,13-15,33H2,1-3H3/t19-,20+,26?. The van der Waals surface area contributed by atoms with Crippen LogP contribution >= 0.6 is 0 Å². The molecule has 4 aromatic rings. The summed E-state index contributed by atoms with van der Waals surface area (Å²) in [7, 11) is 1.74. The SMILES string of the molecule is Cn1nc(-c2ncccn2)cc1C(=O)N1C[C@@H]2C(Oc3cc(C(C)(C)N)cc(-c4ccc5c(c4)CC5(F)F)n3)[C@@H]2C1. The van der Waals surface area contributed by atoms with Gasteiger partial charge in [-0.2, -0.15) is 5.10 Å². The molecule has 1 aliphatic heterocycles. The van der Waals surface area contributed by atoms with Crippen molar-refractivity contribution in [3.8, 4) is 28.7 Å². The van der Waals surface area contributed by atoms with E-state index in [-0.39, 0.29) is 35.8 Å². The molecule has 2 N–H and O–H groups in total. The van der Waals surface area contributed by atoms with Crippen molar-refractivity contribution in [2.24, 2.45) is 24.6 Å². The van der Waals surface area contributed by atoms with E-state index in [1.807, 2.05) is 30.9 Å². The van der Waals surface area contributed by atoms with E-state index >= 15 is 0 Å². The summed E-state index contributed by atoms with van der Waals surface area (Å²) in [5, 5.41) is 4.42. The van der Waals surface area contributed by atoms with Crippen LogP contribution in [0.25, 0.3) is 22.8 Å². The summed E-state index contributed by atoms with van der Waals surface area (Å²) in [5.74, 6) is -1.54. The number of carbonyl (C=O) groups excluding carboxylic acids is 1. The monoisotopic (exact) mass is 557 g/mol. The Morgan fingerprint density at radius 1 is 1.07 bits per heavy atom. The second kappa shape index (κ2) is 8.87. The van der Waals surface area contributed by atoms with E-state index in [0.29, 0.717) is 47.4 Å². The van der Waals surface area contributed by atoms with Gasteiger partial charge in [0.25, 0.3) is 11.8 Å². The number of fused-ring (bicyclic) bond motifs is 2. The number of nitrogens with two attached hydrogens (primary N) is 1. The highest BCUT2D eigenvalue weighted by molar-refractivity contribution is 5.94. The van der Waals surface area contributed by atoms with Crippen LogP contribution in [0.4, 0.5) is 8.78 Å². The van der Waals surface area contributed by atoms with E-state index in [1.165, 1.54) is 6.07 Å². The number of amides is 1. The fourth-order valence-corrected chi connectivity index (χ4v) is 5.89. The molecule has 3 aromatic heterocycles. The second-order valence-electron chi connectivity index (χ2n) is 11.8. The van der Waals surface area contributed by atoms with E-state index in [9.17, 15) is 13.6 Å². The molecule has 4 heterocycles. The molecule has 7 rings (SSSR count). The third-order valence-corrected chi connectivity index (χ3v) is 8.31. The Bertz CT molecular complexity index is 1670. The summed E-state index contributed by atoms with van der Waals surface area (Å²) in [4.78, 5) is 28.3. The maximum Gasteiger partial charge on any atom is 0.277 e. The van der Waals surface area contributed by atoms with E-state index in [2.05, 4.69) is 15.1 Å². The second-order valence-corrected chi connectivity index (χ2v) is 11.8. The first-order chi connectivity index (χ1) is 19.5. The fourth-order valence-electron chi connectivity index (χ4n) is 5.89. The molecule has 1 saturated carbocycles. The smallest absolute Gasteiger partial charge is 0.277 e. The van der Waals surface area contributed by atoms with Crippen LogP contribution in [-0.2, 0) is 24.9 Å². The van der Waals surface area contributed by atoms with Gasteiger partial charge in [-0.15, -0.1) is 0 Å². The summed E-state index contributed by atoms with van der Waals surface area (Å²) in [6.45, 7) is 4.95. The van der Waals surface area contributed by atoms with Gasteiger partial charge in [0, 0.05) is 79.6 Å². The number of benzene rings is 1. The van der Waals surface area contributed by atoms with Gasteiger partial charge in [-0.05, 0) is 43.2 Å². The third kappa shape index (κ3) is 4.44. The number of pyridine rings is 1. The van der Waals surface area contributed by atoms with Crippen LogP contribution in [0.1, 0.15) is 41.0 Å². The molecule has 1 saturated heterocycles. The lowest BCUT2D eigenvalue weighted by atomic mass is 9.83. The summed E-state index contributed by atoms with van der Waals surface area (Å²) in [5.41, 5.74) is 9.73. The Kier molecular flexibility index (Phi) is 5.56. The predicted molar refractivity (Wildman–Crippen MR) is 146 cm³/mol. The molecule has 1 aromatic carbocycles. The minimum absolute atomic E-state index is 0.0640. The fraction of sp³-hybridized carbons (Fsp3) is 0.367. The van der Waals surface area contributed by atoms with Crippen LogP contribution in [0.3, 0.4) is 0 Å². The number of halogens is 2. The van der Waals surface area contributed by atoms with Crippen LogP contribution in [0, 0.1) is 11.8 Å². The van der Waals surface area contributed by atoms with Crippen molar-refractivity contribution in [1.29, 1.82) is 0 Å². The van der Waals surface area contributed by atoms with Gasteiger partial charge in [-0.1, -0.05) is 12.1 Å². The quantitative estimate of drug-likeness (QED) is 0.382. The molecular formula is C30H29F2N7O2. The average Bonchev–Trinajstić information content (AvgIpc) is 3.25. The molecule has 1 unspecified atom stereocenters. The lowest BCUT2D eigenvalue weighted by molar-refractivity contribution is -0.0287. The Balaban J connectivity index is 1.06. The highest BCUT2D eigenvalue weighted by Crippen LogP contribution is 2.49. The van der Waals surface area contributed by atoms with Crippen molar-refractivity contribution < 1.29 is 18.3 Å². The molecule has 3 atom stereocenters. The van der Waals surface area contributed by atoms with Crippen LogP contribution in [-0.4, -0.2) is 54.7 Å². The Morgan fingerprint density at radius 2 is 1.80 bits per heavy atom. The van der Waals surface area contributed by atoms with E-state index < -0.39 is 11.5 Å².